The summed E-state index contributed by atoms with van der Waals surface area (Å²) in [7, 11) is 0. The van der Waals surface area contributed by atoms with Gasteiger partial charge >= 0.3 is 6.09 Å². The molecule has 2 amide bonds. The number of carbonyl (C=O) groups is 2. The maximum absolute atomic E-state index is 13.2. The predicted molar refractivity (Wildman–Crippen MR) is 135 cm³/mol. The standard InChI is InChI=1S/C27H35N5O3/c1-19-29-23-17-28-13-10-24(23)32(19)18-20-11-14-31(15-12-20)25(33)16-22(21-8-6-5-7-9-21)30-26(34)35-27(2,3)4/h5-10,13,17,20,22H,11-12,14-16,18H2,1-4H3,(H,30,34). The Labute approximate surface area is 206 Å². The van der Waals surface area contributed by atoms with Gasteiger partial charge in [-0.3, -0.25) is 9.78 Å². The first kappa shape index (κ1) is 24.7. The average molecular weight is 478 g/mol. The topological polar surface area (TPSA) is 89.4 Å². The lowest BCUT2D eigenvalue weighted by molar-refractivity contribution is -0.133. The fourth-order valence-corrected chi connectivity index (χ4v) is 4.65. The number of aromatic nitrogens is 3. The molecule has 0 radical (unpaired) electrons. The maximum atomic E-state index is 13.2. The Morgan fingerprint density at radius 1 is 1.14 bits per heavy atom. The second kappa shape index (κ2) is 10.5. The molecule has 0 aliphatic carbocycles. The van der Waals surface area contributed by atoms with Crippen LogP contribution in [0.5, 0.6) is 0 Å². The van der Waals surface area contributed by atoms with E-state index in [1.165, 1.54) is 0 Å². The molecule has 0 saturated carbocycles. The van der Waals surface area contributed by atoms with E-state index in [1.807, 2.05) is 69.0 Å². The Kier molecular flexibility index (Phi) is 7.38. The zero-order chi connectivity index (χ0) is 25.0. The first-order chi connectivity index (χ1) is 16.7. The number of carbonyl (C=O) groups excluding carboxylic acids is 2. The van der Waals surface area contributed by atoms with Crippen molar-refractivity contribution in [2.75, 3.05) is 13.1 Å². The van der Waals surface area contributed by atoms with Crippen LogP contribution in [0.25, 0.3) is 11.0 Å². The molecule has 186 valence electrons. The number of hydrogen-bond acceptors (Lipinski definition) is 5. The number of imidazole rings is 1. The van der Waals surface area contributed by atoms with Gasteiger partial charge in [-0.1, -0.05) is 30.3 Å². The van der Waals surface area contributed by atoms with Gasteiger partial charge in [0.25, 0.3) is 0 Å². The number of hydrogen-bond donors (Lipinski definition) is 1. The summed E-state index contributed by atoms with van der Waals surface area (Å²) in [4.78, 5) is 36.4. The molecule has 1 atom stereocenters. The molecule has 1 unspecified atom stereocenters. The Morgan fingerprint density at radius 2 is 1.86 bits per heavy atom. The number of ether oxygens (including phenoxy) is 1. The van der Waals surface area contributed by atoms with Gasteiger partial charge in [0.15, 0.2) is 0 Å². The molecule has 2 aromatic heterocycles. The number of benzene rings is 1. The van der Waals surface area contributed by atoms with Crippen LogP contribution in [0, 0.1) is 12.8 Å². The molecule has 1 fully saturated rings. The molecule has 3 heterocycles. The average Bonchev–Trinajstić information content (AvgIpc) is 3.13. The van der Waals surface area contributed by atoms with E-state index in [0.29, 0.717) is 19.0 Å². The summed E-state index contributed by atoms with van der Waals surface area (Å²) in [6, 6.07) is 11.2. The first-order valence-corrected chi connectivity index (χ1v) is 12.3. The largest absolute Gasteiger partial charge is 0.444 e. The highest BCUT2D eigenvalue weighted by molar-refractivity contribution is 5.78. The van der Waals surface area contributed by atoms with Crippen LogP contribution < -0.4 is 5.32 Å². The molecule has 35 heavy (non-hydrogen) atoms. The van der Waals surface area contributed by atoms with Crippen molar-refractivity contribution in [3.05, 3.63) is 60.2 Å². The smallest absolute Gasteiger partial charge is 0.408 e. The van der Waals surface area contributed by atoms with Crippen LogP contribution in [-0.2, 0) is 16.1 Å². The molecule has 8 nitrogen and oxygen atoms in total. The van der Waals surface area contributed by atoms with Gasteiger partial charge in [-0.15, -0.1) is 0 Å². The SMILES string of the molecule is Cc1nc2cnccc2n1CC1CCN(C(=O)CC(NC(=O)OC(C)(C)C)c2ccccc2)CC1. The Balaban J connectivity index is 1.36. The molecule has 4 rings (SSSR count). The van der Waals surface area contributed by atoms with Gasteiger partial charge in [0, 0.05) is 25.8 Å². The summed E-state index contributed by atoms with van der Waals surface area (Å²) in [6.45, 7) is 9.82. The number of rotatable bonds is 6. The number of piperidine rings is 1. The van der Waals surface area contributed by atoms with E-state index in [4.69, 9.17) is 4.74 Å². The highest BCUT2D eigenvalue weighted by Gasteiger charge is 2.28. The van der Waals surface area contributed by atoms with Gasteiger partial charge in [0.1, 0.15) is 16.9 Å². The third-order valence-corrected chi connectivity index (χ3v) is 6.42. The van der Waals surface area contributed by atoms with Crippen LogP contribution in [0.15, 0.2) is 48.8 Å². The van der Waals surface area contributed by atoms with E-state index in [-0.39, 0.29) is 12.3 Å². The summed E-state index contributed by atoms with van der Waals surface area (Å²) in [6.07, 6.45) is 5.16. The van der Waals surface area contributed by atoms with Crippen molar-refractivity contribution in [1.29, 1.82) is 0 Å². The van der Waals surface area contributed by atoms with E-state index in [2.05, 4.69) is 19.9 Å². The highest BCUT2D eigenvalue weighted by Crippen LogP contribution is 2.25. The third-order valence-electron chi connectivity index (χ3n) is 6.42. The van der Waals surface area contributed by atoms with Crippen LogP contribution in [0.4, 0.5) is 4.79 Å². The molecular weight excluding hydrogens is 442 g/mol. The summed E-state index contributed by atoms with van der Waals surface area (Å²) in [5, 5.41) is 2.90. The highest BCUT2D eigenvalue weighted by atomic mass is 16.6. The zero-order valence-corrected chi connectivity index (χ0v) is 21.0. The van der Waals surface area contributed by atoms with Crippen molar-refractivity contribution >= 4 is 23.0 Å². The number of fused-ring (bicyclic) bond motifs is 1. The van der Waals surface area contributed by atoms with Crippen LogP contribution in [0.2, 0.25) is 0 Å². The molecule has 1 aliphatic heterocycles. The summed E-state index contributed by atoms with van der Waals surface area (Å²) in [5.74, 6) is 1.52. The van der Waals surface area contributed by atoms with Crippen LogP contribution in [-0.4, -0.2) is 50.1 Å². The van der Waals surface area contributed by atoms with Gasteiger partial charge in [0.05, 0.1) is 24.2 Å². The summed E-state index contributed by atoms with van der Waals surface area (Å²) < 4.78 is 7.69. The van der Waals surface area contributed by atoms with Crippen LogP contribution in [0.1, 0.15) is 57.5 Å². The molecule has 3 aromatic rings. The molecule has 8 heteroatoms. The van der Waals surface area contributed by atoms with Gasteiger partial charge in [-0.25, -0.2) is 9.78 Å². The number of alkyl carbamates (subject to hydrolysis) is 1. The van der Waals surface area contributed by atoms with E-state index < -0.39 is 17.7 Å². The van der Waals surface area contributed by atoms with Crippen molar-refractivity contribution in [2.24, 2.45) is 5.92 Å². The Bertz CT molecular complexity index is 1160. The second-order valence-corrected chi connectivity index (χ2v) is 10.3. The van der Waals surface area contributed by atoms with Crippen LogP contribution >= 0.6 is 0 Å². The predicted octanol–water partition coefficient (Wildman–Crippen LogP) is 4.63. The normalized spacial score (nSPS) is 15.7. The van der Waals surface area contributed by atoms with Gasteiger partial charge in [-0.2, -0.15) is 0 Å². The van der Waals surface area contributed by atoms with Crippen molar-refractivity contribution in [1.82, 2.24) is 24.8 Å². The number of pyridine rings is 1. The molecule has 1 N–H and O–H groups in total. The lowest BCUT2D eigenvalue weighted by Crippen LogP contribution is -2.42. The lowest BCUT2D eigenvalue weighted by Gasteiger charge is -2.33. The lowest BCUT2D eigenvalue weighted by atomic mass is 9.95. The maximum Gasteiger partial charge on any atom is 0.408 e. The Morgan fingerprint density at radius 3 is 2.54 bits per heavy atom. The van der Waals surface area contributed by atoms with Gasteiger partial charge < -0.3 is 19.5 Å². The quantitative estimate of drug-likeness (QED) is 0.559. The first-order valence-electron chi connectivity index (χ1n) is 12.3. The molecule has 1 saturated heterocycles. The number of amides is 2. The fraction of sp³-hybridized carbons (Fsp3) is 0.481. The van der Waals surface area contributed by atoms with E-state index in [1.54, 1.807) is 12.4 Å². The number of aryl methyl sites for hydroxylation is 1. The van der Waals surface area contributed by atoms with Gasteiger partial charge in [0.2, 0.25) is 5.91 Å². The minimum atomic E-state index is -0.605. The summed E-state index contributed by atoms with van der Waals surface area (Å²) in [5.41, 5.74) is 2.31. The fourth-order valence-electron chi connectivity index (χ4n) is 4.65. The number of nitrogens with zero attached hydrogens (tertiary/aromatic N) is 4. The minimum absolute atomic E-state index is 0.0451. The number of nitrogens with one attached hydrogen (secondary N) is 1. The molecule has 1 aliphatic rings. The third kappa shape index (κ3) is 6.38. The Hall–Kier alpha value is -3.42. The van der Waals surface area contributed by atoms with Gasteiger partial charge in [-0.05, 0) is 58.1 Å². The van der Waals surface area contributed by atoms with E-state index in [0.717, 1.165) is 41.8 Å². The van der Waals surface area contributed by atoms with Crippen LogP contribution in [0.3, 0.4) is 0 Å². The number of likely N-dealkylation sites (tertiary alicyclic amines) is 1. The molecule has 1 aromatic carbocycles. The van der Waals surface area contributed by atoms with E-state index >= 15 is 0 Å². The second-order valence-electron chi connectivity index (χ2n) is 10.3. The summed E-state index contributed by atoms with van der Waals surface area (Å²) >= 11 is 0. The molecule has 0 bridgehead atoms. The minimum Gasteiger partial charge on any atom is -0.444 e. The molecular formula is C27H35N5O3. The van der Waals surface area contributed by atoms with Crippen molar-refractivity contribution < 1.29 is 14.3 Å². The zero-order valence-electron chi connectivity index (χ0n) is 21.0. The van der Waals surface area contributed by atoms with E-state index in [9.17, 15) is 9.59 Å². The monoisotopic (exact) mass is 477 g/mol. The van der Waals surface area contributed by atoms with Crippen molar-refractivity contribution in [3.8, 4) is 0 Å². The molecule has 0 spiro atoms. The van der Waals surface area contributed by atoms with Crippen molar-refractivity contribution in [3.63, 3.8) is 0 Å². The van der Waals surface area contributed by atoms with Crippen molar-refractivity contribution in [2.45, 2.75) is 65.1 Å².